The maximum Gasteiger partial charge on any atom is 0.490 e. The summed E-state index contributed by atoms with van der Waals surface area (Å²) in [6, 6.07) is 19.5. The maximum atomic E-state index is 13.4. The number of nitrogens with zero attached hydrogens (tertiary/aromatic N) is 10. The van der Waals surface area contributed by atoms with Crippen molar-refractivity contribution in [2.75, 3.05) is 36.9 Å². The van der Waals surface area contributed by atoms with E-state index >= 15 is 0 Å². The number of hydrogen-bond acceptors (Lipinski definition) is 34. The van der Waals surface area contributed by atoms with Crippen molar-refractivity contribution in [2.24, 2.45) is 5.73 Å². The summed E-state index contributed by atoms with van der Waals surface area (Å²) in [5.74, 6) is 9.33. The Morgan fingerprint density at radius 1 is 0.624 bits per heavy atom. The molecule has 4 aromatic heterocycles. The molecule has 4 aromatic carbocycles. The van der Waals surface area contributed by atoms with Crippen LogP contribution in [0.1, 0.15) is 94.2 Å². The van der Waals surface area contributed by atoms with Gasteiger partial charge < -0.3 is 95.1 Å². The number of imidazole rings is 2. The standard InChI is InChI=1S/C42H36N7O20P3.C21H26N7O14P3/c1-21(47-39-38-40(45-19-44-39)48(20-46-38)36-17-32(52)35(67-36)18-65-71(61,62)69-72(63,64)68-70(58,59)60)26-8-4-22(13-31(26)49(56)57)3-2-12-43-41(53)23-5-9-27(42(54)55)30(14-23)37-28-10-6-24(50)15-33(28)66-34-16-25(51)7-11-29(34)37;1-12(14-5-4-13(3-2-6-22)7-15(14)28(30)31)26-20-19-21(24-10-23-20)27(11-25-19)18-8-16(29)17(40-18)9-39-44(35,36)42-45(37,38)41-43(32,33)34/h4-11,13-16,19-21,32,35-36,50,52H,12,17-18H2,1H3,(H,43,53)(H,54,55)(H,61,62)(H,63,64)(H,44,45,47)(H2,58,59,60);4-5,7,10-12,16-18,29H,6,8-9,22H2,1H3,(H,35,36)(H,37,38)(H,23,24,26)(H2,32,33,34)/t21?,32?,35-,36-;12?,16?,17-,18-/m11/s1. The van der Waals surface area contributed by atoms with Crippen LogP contribution in [0.5, 0.6) is 5.75 Å². The van der Waals surface area contributed by atoms with Gasteiger partial charge >= 0.3 is 52.9 Å². The number of aromatic nitrogens is 8. The van der Waals surface area contributed by atoms with Crippen LogP contribution in [0.4, 0.5) is 23.0 Å². The zero-order valence-corrected chi connectivity index (χ0v) is 64.8. The quantitative estimate of drug-likeness (QED) is 0.00856. The van der Waals surface area contributed by atoms with Crippen LogP contribution in [0.2, 0.25) is 0 Å². The lowest BCUT2D eigenvalue weighted by molar-refractivity contribution is -0.385. The second kappa shape index (κ2) is 35.4. The van der Waals surface area contributed by atoms with Gasteiger partial charge in [0.15, 0.2) is 39.4 Å². The van der Waals surface area contributed by atoms with Gasteiger partial charge in [-0.05, 0) is 86.1 Å². The molecule has 48 nitrogen and oxygen atoms in total. The second-order valence-electron chi connectivity index (χ2n) is 24.9. The van der Waals surface area contributed by atoms with Crippen LogP contribution in [-0.2, 0) is 63.2 Å². The van der Waals surface area contributed by atoms with Crippen molar-refractivity contribution in [3.8, 4) is 51.9 Å². The first-order valence-electron chi connectivity index (χ1n) is 33.2. The number of nitro benzene ring substituents is 2. The first-order valence-corrected chi connectivity index (χ1v) is 42.2. The van der Waals surface area contributed by atoms with Crippen LogP contribution in [0.3, 0.4) is 0 Å². The number of nitrogens with two attached hydrogens (primary N) is 1. The fourth-order valence-electron chi connectivity index (χ4n) is 12.0. The van der Waals surface area contributed by atoms with Crippen LogP contribution < -0.4 is 27.1 Å². The van der Waals surface area contributed by atoms with Crippen molar-refractivity contribution >= 4 is 115 Å². The molecule has 7 heterocycles. The van der Waals surface area contributed by atoms with Crippen molar-refractivity contribution in [1.82, 2.24) is 44.4 Å². The molecule has 0 radical (unpaired) electrons. The second-order valence-corrected chi connectivity index (χ2v) is 33.7. The minimum Gasteiger partial charge on any atom is -0.508 e. The number of carbonyl (C=O) groups excluding carboxylic acids is 1. The Kier molecular flexibility index (Phi) is 26.4. The third kappa shape index (κ3) is 21.9. The molecular weight excluding hydrogens is 1680 g/mol. The van der Waals surface area contributed by atoms with Crippen LogP contribution in [-0.4, -0.2) is 171 Å². The number of aromatic carboxylic acids is 1. The van der Waals surface area contributed by atoms with Gasteiger partial charge in [-0.3, -0.25) is 48.0 Å². The summed E-state index contributed by atoms with van der Waals surface area (Å²) in [7, 11) is -33.6. The van der Waals surface area contributed by atoms with Gasteiger partial charge in [-0.1, -0.05) is 23.7 Å². The molecule has 12 rings (SSSR count). The zero-order chi connectivity index (χ0) is 85.0. The third-order valence-electron chi connectivity index (χ3n) is 16.8. The summed E-state index contributed by atoms with van der Waals surface area (Å²) in [5.41, 5.74) is 7.39. The van der Waals surface area contributed by atoms with Crippen molar-refractivity contribution < 1.29 is 147 Å². The molecule has 1 aliphatic carbocycles. The molecule has 54 heteroatoms. The molecule has 4 aliphatic rings. The highest BCUT2D eigenvalue weighted by molar-refractivity contribution is 7.67. The lowest BCUT2D eigenvalue weighted by atomic mass is 9.89. The monoisotopic (exact) mass is 1740 g/mol. The molecule has 2 saturated heterocycles. The summed E-state index contributed by atoms with van der Waals surface area (Å²) in [5, 5.41) is 74.6. The number of nitrogens with one attached hydrogen (secondary N) is 3. The smallest absolute Gasteiger partial charge is 0.490 e. The van der Waals surface area contributed by atoms with Gasteiger partial charge in [0.2, 0.25) is 0 Å². The number of carboxylic acid groups (broad SMARTS) is 1. The number of carboxylic acids is 1. The first-order chi connectivity index (χ1) is 54.9. The fourth-order valence-corrected chi connectivity index (χ4v) is 18.0. The fraction of sp³-hybridized carbons (Fsp3) is 0.254. The van der Waals surface area contributed by atoms with Crippen molar-refractivity contribution in [1.29, 1.82) is 0 Å². The van der Waals surface area contributed by atoms with Crippen molar-refractivity contribution in [3.63, 3.8) is 0 Å². The van der Waals surface area contributed by atoms with Crippen LogP contribution in [0.25, 0.3) is 55.7 Å². The average Bonchev–Trinajstić information content (AvgIpc) is 1.67. The lowest BCUT2D eigenvalue weighted by Crippen LogP contribution is -2.26. The number of anilines is 2. The van der Waals surface area contributed by atoms with Crippen molar-refractivity contribution in [3.05, 3.63) is 180 Å². The molecule has 0 bridgehead atoms. The summed E-state index contributed by atoms with van der Waals surface area (Å²) in [6.07, 6.45) is -2.53. The number of phenolic OH excluding ortho intramolecular Hbond substituents is 1. The molecular formula is C63H62N14O34P6. The van der Waals surface area contributed by atoms with Gasteiger partial charge in [0, 0.05) is 70.3 Å². The Morgan fingerprint density at radius 2 is 1.12 bits per heavy atom. The van der Waals surface area contributed by atoms with Gasteiger partial charge in [0.25, 0.3) is 17.3 Å². The number of rotatable bonds is 28. The predicted octanol–water partition coefficient (Wildman–Crippen LogP) is 6.17. The molecule has 8 unspecified atom stereocenters. The zero-order valence-electron chi connectivity index (χ0n) is 59.4. The molecule has 17 N–H and O–H groups in total. The molecule has 0 spiro atoms. The molecule has 117 heavy (non-hydrogen) atoms. The largest absolute Gasteiger partial charge is 0.508 e. The summed E-state index contributed by atoms with van der Waals surface area (Å²) < 4.78 is 113. The number of aliphatic hydroxyl groups is 2. The number of phenols is 1. The topological polar surface area (TPSA) is 719 Å². The molecule has 8 aromatic rings. The van der Waals surface area contributed by atoms with E-state index in [0.717, 1.165) is 6.33 Å². The maximum absolute atomic E-state index is 13.4. The number of hydrogen-bond donors (Lipinski definition) is 16. The number of amides is 1. The van der Waals surface area contributed by atoms with Gasteiger partial charge in [-0.15, -0.1) is 0 Å². The summed E-state index contributed by atoms with van der Waals surface area (Å²) in [4.78, 5) is 159. The molecule has 12 atom stereocenters. The number of fused-ring (bicyclic) bond motifs is 4. The van der Waals surface area contributed by atoms with E-state index in [2.05, 4.69) is 95.8 Å². The van der Waals surface area contributed by atoms with Crippen LogP contribution >= 0.6 is 46.9 Å². The van der Waals surface area contributed by atoms with Gasteiger partial charge in [0.1, 0.15) is 54.4 Å². The number of phosphoric acid groups is 6. The SMILES string of the molecule is CC(Nc1ncnc2c1ncn2[C@H]1CC(O)[C@@H](COP(=O)(O)OP(=O)(O)OP(=O)(O)O)O1)c1ccc(C#CCN)cc1[N+](=O)[O-].CC(Nc1ncnc2c1ncn2[C@H]1CC(O)[C@@H](COP(=O)(O)OP(=O)(O)OP(=O)(O)O)O1)c1ccc(C#CCNC(=O)c2ccc(C(=O)O)c(-c3c4ccc(=O)cc-4oc4cc(O)ccc34)c2)cc1[N+](=O)[O-]. The minimum atomic E-state index is -5.78. The van der Waals surface area contributed by atoms with E-state index in [9.17, 15) is 102 Å². The highest BCUT2D eigenvalue weighted by atomic mass is 31.3. The van der Waals surface area contributed by atoms with Crippen LogP contribution in [0.15, 0.2) is 126 Å². The number of carbonyl (C=O) groups is 2. The number of nitro groups is 2. The number of aromatic hydroxyl groups is 1. The van der Waals surface area contributed by atoms with Crippen molar-refractivity contribution in [2.45, 2.75) is 75.6 Å². The van der Waals surface area contributed by atoms with E-state index in [4.69, 9.17) is 39.2 Å². The van der Waals surface area contributed by atoms with Gasteiger partial charge in [-0.25, -0.2) is 62.1 Å². The highest BCUT2D eigenvalue weighted by Crippen LogP contribution is 2.68. The number of ether oxygens (including phenoxy) is 2. The molecule has 3 aliphatic heterocycles. The highest BCUT2D eigenvalue weighted by Gasteiger charge is 2.46. The number of phosphoric ester groups is 2. The van der Waals surface area contributed by atoms with E-state index in [-0.39, 0.29) is 122 Å². The molecule has 2 fully saturated rings. The Bertz CT molecular complexity index is 6040. The van der Waals surface area contributed by atoms with E-state index in [0.29, 0.717) is 27.6 Å². The lowest BCUT2D eigenvalue weighted by Gasteiger charge is -2.19. The van der Waals surface area contributed by atoms with Gasteiger partial charge in [-0.2, -0.15) is 17.2 Å². The Morgan fingerprint density at radius 3 is 1.59 bits per heavy atom. The van der Waals surface area contributed by atoms with E-state index < -0.39 is 131 Å². The molecule has 618 valence electrons. The van der Waals surface area contributed by atoms with Gasteiger partial charge in [0.05, 0.1) is 89.8 Å². The number of aliphatic hydroxyl groups excluding tert-OH is 2. The van der Waals surface area contributed by atoms with E-state index in [1.165, 1.54) is 107 Å². The summed E-state index contributed by atoms with van der Waals surface area (Å²) >= 11 is 0. The molecule has 1 amide bonds. The minimum absolute atomic E-state index is 0.0558. The van der Waals surface area contributed by atoms with E-state index in [1.54, 1.807) is 26.0 Å². The van der Waals surface area contributed by atoms with Crippen LogP contribution in [0, 0.1) is 43.9 Å². The number of benzene rings is 5. The van der Waals surface area contributed by atoms with E-state index in [1.807, 2.05) is 0 Å². The normalized spacial score (nSPS) is 19.4. The molecule has 0 saturated carbocycles. The Labute approximate surface area is 653 Å². The Balaban J connectivity index is 0.000000256. The predicted molar refractivity (Wildman–Crippen MR) is 398 cm³/mol. The third-order valence-corrected chi connectivity index (χ3v) is 24.4. The first kappa shape index (κ1) is 87.4. The average molecular weight is 1750 g/mol. The summed E-state index contributed by atoms with van der Waals surface area (Å²) in [6.45, 7) is 1.39. The Hall–Kier alpha value is -10.5.